The molecule has 0 amide bonds. The van der Waals surface area contributed by atoms with Crippen LogP contribution in [0, 0.1) is 16.7 Å². The third kappa shape index (κ3) is 2.36. The minimum Gasteiger partial charge on any atom is -0.465 e. The normalized spacial score (nSPS) is 29.5. The van der Waals surface area contributed by atoms with Gasteiger partial charge in [0.05, 0.1) is 13.2 Å². The van der Waals surface area contributed by atoms with Crippen LogP contribution in [0.3, 0.4) is 0 Å². The smallest absolute Gasteiger partial charge is 0.324 e. The molecular weight excluding hydrogens is 284 g/mol. The topological polar surface area (TPSA) is 69.7 Å². The Labute approximate surface area is 131 Å². The van der Waals surface area contributed by atoms with Crippen LogP contribution < -0.4 is 0 Å². The first-order valence-electron chi connectivity index (χ1n) is 7.87. The lowest BCUT2D eigenvalue weighted by molar-refractivity contribution is -0.167. The molecule has 1 unspecified atom stereocenters. The van der Waals surface area contributed by atoms with E-state index in [-0.39, 0.29) is 24.9 Å². The van der Waals surface area contributed by atoms with Gasteiger partial charge < -0.3 is 9.47 Å². The molecule has 1 saturated carbocycles. The highest BCUT2D eigenvalue weighted by Crippen LogP contribution is 2.70. The molecule has 0 aromatic carbocycles. The quantitative estimate of drug-likeness (QED) is 0.576. The fourth-order valence-corrected chi connectivity index (χ4v) is 3.59. The third-order valence-electron chi connectivity index (χ3n) is 5.21. The van der Waals surface area contributed by atoms with Gasteiger partial charge >= 0.3 is 11.9 Å². The molecule has 5 heteroatoms. The SMILES string of the molecule is CCOC(=O)C1(C(=O)OCC)CC1(C)[C@@H]1CC=C(C)C(=O)C1. The molecule has 0 aromatic heterocycles. The average Bonchev–Trinajstić information content (AvgIpc) is 3.12. The average molecular weight is 308 g/mol. The molecule has 2 atom stereocenters. The van der Waals surface area contributed by atoms with E-state index in [0.717, 1.165) is 5.57 Å². The van der Waals surface area contributed by atoms with Crippen LogP contribution in [-0.2, 0) is 23.9 Å². The third-order valence-corrected chi connectivity index (χ3v) is 5.21. The summed E-state index contributed by atoms with van der Waals surface area (Å²) in [4.78, 5) is 36.8. The monoisotopic (exact) mass is 308 g/mol. The molecule has 0 aliphatic heterocycles. The zero-order chi connectivity index (χ0) is 16.5. The van der Waals surface area contributed by atoms with Gasteiger partial charge in [0.2, 0.25) is 0 Å². The van der Waals surface area contributed by atoms with Crippen LogP contribution in [0.2, 0.25) is 0 Å². The minimum absolute atomic E-state index is 0.0301. The molecule has 0 bridgehead atoms. The minimum atomic E-state index is -1.25. The Kier molecular flexibility index (Phi) is 4.45. The second-order valence-corrected chi connectivity index (χ2v) is 6.39. The second kappa shape index (κ2) is 5.86. The highest BCUT2D eigenvalue weighted by molar-refractivity contribution is 6.05. The molecule has 2 aliphatic rings. The van der Waals surface area contributed by atoms with E-state index in [0.29, 0.717) is 19.3 Å². The predicted molar refractivity (Wildman–Crippen MR) is 79.9 cm³/mol. The van der Waals surface area contributed by atoms with Gasteiger partial charge in [-0.05, 0) is 50.5 Å². The van der Waals surface area contributed by atoms with Gasteiger partial charge in [-0.25, -0.2) is 0 Å². The standard InChI is InChI=1S/C17H24O5/c1-5-21-14(19)17(15(20)22-6-2)10-16(17,4)12-8-7-11(3)13(18)9-12/h7,12H,5-6,8-10H2,1-4H3/t12-,16?/m1/s1. The van der Waals surface area contributed by atoms with Gasteiger partial charge in [0.1, 0.15) is 0 Å². The summed E-state index contributed by atoms with van der Waals surface area (Å²) in [5, 5.41) is 0. The maximum Gasteiger partial charge on any atom is 0.324 e. The number of carbonyl (C=O) groups excluding carboxylic acids is 3. The summed E-state index contributed by atoms with van der Waals surface area (Å²) in [5.74, 6) is -0.979. The zero-order valence-corrected chi connectivity index (χ0v) is 13.7. The van der Waals surface area contributed by atoms with Gasteiger partial charge in [0.15, 0.2) is 11.2 Å². The van der Waals surface area contributed by atoms with Crippen LogP contribution >= 0.6 is 0 Å². The van der Waals surface area contributed by atoms with Gasteiger partial charge in [-0.3, -0.25) is 14.4 Å². The molecule has 122 valence electrons. The van der Waals surface area contributed by atoms with E-state index in [1.807, 2.05) is 13.0 Å². The predicted octanol–water partition coefficient (Wildman–Crippen LogP) is 2.43. The molecule has 0 N–H and O–H groups in total. The maximum absolute atomic E-state index is 12.4. The molecule has 2 rings (SSSR count). The first kappa shape index (κ1) is 16.7. The summed E-state index contributed by atoms with van der Waals surface area (Å²) in [7, 11) is 0. The van der Waals surface area contributed by atoms with Crippen molar-refractivity contribution in [2.45, 2.75) is 47.0 Å². The molecule has 0 aromatic rings. The summed E-state index contributed by atoms with van der Waals surface area (Å²) in [6.45, 7) is 7.57. The van der Waals surface area contributed by atoms with Crippen molar-refractivity contribution < 1.29 is 23.9 Å². The second-order valence-electron chi connectivity index (χ2n) is 6.39. The molecule has 1 fully saturated rings. The van der Waals surface area contributed by atoms with Crippen LogP contribution in [-0.4, -0.2) is 30.9 Å². The molecule has 2 aliphatic carbocycles. The number of rotatable bonds is 5. The van der Waals surface area contributed by atoms with E-state index < -0.39 is 22.8 Å². The zero-order valence-electron chi connectivity index (χ0n) is 13.7. The van der Waals surface area contributed by atoms with E-state index in [4.69, 9.17) is 9.47 Å². The van der Waals surface area contributed by atoms with Gasteiger partial charge in [0, 0.05) is 6.42 Å². The van der Waals surface area contributed by atoms with E-state index in [9.17, 15) is 14.4 Å². The van der Waals surface area contributed by atoms with Crippen molar-refractivity contribution in [2.75, 3.05) is 13.2 Å². The van der Waals surface area contributed by atoms with E-state index >= 15 is 0 Å². The highest BCUT2D eigenvalue weighted by Gasteiger charge is 2.78. The molecule has 5 nitrogen and oxygen atoms in total. The molecule has 0 radical (unpaired) electrons. The number of hydrogen-bond acceptors (Lipinski definition) is 5. The molecule has 22 heavy (non-hydrogen) atoms. The van der Waals surface area contributed by atoms with Crippen LogP contribution in [0.1, 0.15) is 47.0 Å². The Hall–Kier alpha value is -1.65. The summed E-state index contributed by atoms with van der Waals surface area (Å²) in [6, 6.07) is 0. The molecule has 0 saturated heterocycles. The first-order chi connectivity index (χ1) is 10.3. The van der Waals surface area contributed by atoms with Crippen molar-refractivity contribution in [2.24, 2.45) is 16.7 Å². The van der Waals surface area contributed by atoms with Gasteiger partial charge in [-0.1, -0.05) is 13.0 Å². The number of carbonyl (C=O) groups is 3. The number of allylic oxidation sites excluding steroid dienone is 2. The van der Waals surface area contributed by atoms with Crippen molar-refractivity contribution in [1.29, 1.82) is 0 Å². The number of ketones is 1. The number of hydrogen-bond donors (Lipinski definition) is 0. The van der Waals surface area contributed by atoms with Gasteiger partial charge in [-0.2, -0.15) is 0 Å². The number of Topliss-reactive ketones (excluding diaryl/α,β-unsaturated/α-hetero) is 1. The lowest BCUT2D eigenvalue weighted by Crippen LogP contribution is -2.38. The summed E-state index contributed by atoms with van der Waals surface area (Å²) in [5.41, 5.74) is -1.06. The Morgan fingerprint density at radius 2 is 1.77 bits per heavy atom. The van der Waals surface area contributed by atoms with Crippen LogP contribution in [0.15, 0.2) is 11.6 Å². The lowest BCUT2D eigenvalue weighted by Gasteiger charge is -2.29. The largest absolute Gasteiger partial charge is 0.465 e. The number of esters is 2. The summed E-state index contributed by atoms with van der Waals surface area (Å²) in [6.07, 6.45) is 3.37. The van der Waals surface area contributed by atoms with Crippen molar-refractivity contribution in [3.05, 3.63) is 11.6 Å². The van der Waals surface area contributed by atoms with Crippen molar-refractivity contribution in [1.82, 2.24) is 0 Å². The molecular formula is C17H24O5. The Morgan fingerprint density at radius 1 is 1.23 bits per heavy atom. The maximum atomic E-state index is 12.4. The van der Waals surface area contributed by atoms with Crippen molar-refractivity contribution in [3.8, 4) is 0 Å². The molecule has 0 spiro atoms. The first-order valence-corrected chi connectivity index (χ1v) is 7.87. The van der Waals surface area contributed by atoms with Gasteiger partial charge in [-0.15, -0.1) is 0 Å². The number of ether oxygens (including phenoxy) is 2. The van der Waals surface area contributed by atoms with Crippen LogP contribution in [0.4, 0.5) is 0 Å². The Morgan fingerprint density at radius 3 is 2.23 bits per heavy atom. The van der Waals surface area contributed by atoms with Crippen molar-refractivity contribution >= 4 is 17.7 Å². The Bertz CT molecular complexity index is 515. The molecule has 0 heterocycles. The van der Waals surface area contributed by atoms with E-state index in [2.05, 4.69) is 0 Å². The van der Waals surface area contributed by atoms with Crippen LogP contribution in [0.5, 0.6) is 0 Å². The fourth-order valence-electron chi connectivity index (χ4n) is 3.59. The highest BCUT2D eigenvalue weighted by atomic mass is 16.6. The lowest BCUT2D eigenvalue weighted by atomic mass is 9.74. The fraction of sp³-hybridized carbons (Fsp3) is 0.706. The van der Waals surface area contributed by atoms with E-state index in [1.165, 1.54) is 0 Å². The van der Waals surface area contributed by atoms with Gasteiger partial charge in [0.25, 0.3) is 0 Å². The summed E-state index contributed by atoms with van der Waals surface area (Å²) >= 11 is 0. The van der Waals surface area contributed by atoms with Crippen molar-refractivity contribution in [3.63, 3.8) is 0 Å². The van der Waals surface area contributed by atoms with Crippen LogP contribution in [0.25, 0.3) is 0 Å². The van der Waals surface area contributed by atoms with E-state index in [1.54, 1.807) is 20.8 Å². The Balaban J connectivity index is 2.29. The summed E-state index contributed by atoms with van der Waals surface area (Å²) < 4.78 is 10.3.